The number of pyridine rings is 2. The molecular weight excluding hydrogens is 494 g/mol. The van der Waals surface area contributed by atoms with Gasteiger partial charge in [0.1, 0.15) is 5.69 Å². The van der Waals surface area contributed by atoms with Crippen molar-refractivity contribution in [3.05, 3.63) is 71.3 Å². The Balaban J connectivity index is 0.000000934. The molecule has 3 aromatic rings. The second kappa shape index (κ2) is 13.4. The van der Waals surface area contributed by atoms with Crippen LogP contribution in [0.5, 0.6) is 0 Å². The number of alkyl halides is 2. The number of fused-ring (bicyclic) bond motifs is 1. The fraction of sp³-hybridized carbons (Fsp3) is 0.393. The highest BCUT2D eigenvalue weighted by Gasteiger charge is 2.27. The number of aliphatic hydroxyl groups excluding tert-OH is 2. The highest BCUT2D eigenvalue weighted by molar-refractivity contribution is 6.04. The number of halogens is 2. The molecule has 0 spiro atoms. The van der Waals surface area contributed by atoms with Crippen molar-refractivity contribution < 1.29 is 28.5 Å². The second-order valence-electron chi connectivity index (χ2n) is 9.02. The van der Waals surface area contributed by atoms with Gasteiger partial charge in [0.15, 0.2) is 0 Å². The van der Waals surface area contributed by atoms with Crippen molar-refractivity contribution in [3.63, 3.8) is 0 Å². The van der Waals surface area contributed by atoms with Crippen LogP contribution in [0.2, 0.25) is 0 Å². The van der Waals surface area contributed by atoms with Crippen molar-refractivity contribution in [2.75, 3.05) is 50.2 Å². The summed E-state index contributed by atoms with van der Waals surface area (Å²) in [6, 6.07) is 10.3. The van der Waals surface area contributed by atoms with E-state index in [0.717, 1.165) is 67.0 Å². The van der Waals surface area contributed by atoms with Crippen LogP contribution < -0.4 is 10.2 Å². The first-order valence-electron chi connectivity index (χ1n) is 12.4. The average Bonchev–Trinajstić information content (AvgIpc) is 2.92. The number of methoxy groups -OCH3 is 1. The molecule has 0 saturated carbocycles. The zero-order valence-electron chi connectivity index (χ0n) is 21.9. The third-order valence-electron chi connectivity index (χ3n) is 6.07. The minimum Gasteiger partial charge on any atom is -0.394 e. The lowest BCUT2D eigenvalue weighted by atomic mass is 9.98. The van der Waals surface area contributed by atoms with Gasteiger partial charge in [0.25, 0.3) is 11.8 Å². The first-order valence-corrected chi connectivity index (χ1v) is 12.4. The first-order chi connectivity index (χ1) is 18.2. The highest BCUT2D eigenvalue weighted by atomic mass is 19.3. The second-order valence-corrected chi connectivity index (χ2v) is 9.02. The number of aryl methyl sites for hydroxylation is 2. The molecule has 8 nitrogen and oxygen atoms in total. The summed E-state index contributed by atoms with van der Waals surface area (Å²) in [6.07, 6.45) is 5.09. The van der Waals surface area contributed by atoms with Gasteiger partial charge in [-0.05, 0) is 61.2 Å². The largest absolute Gasteiger partial charge is 0.394 e. The fourth-order valence-corrected chi connectivity index (χ4v) is 4.11. The predicted molar refractivity (Wildman–Crippen MR) is 143 cm³/mol. The molecule has 0 fully saturated rings. The Morgan fingerprint density at radius 1 is 1.16 bits per heavy atom. The molecule has 10 heteroatoms. The topological polar surface area (TPSA) is 108 Å². The lowest BCUT2D eigenvalue weighted by Gasteiger charge is -2.31. The van der Waals surface area contributed by atoms with Gasteiger partial charge in [-0.15, -0.1) is 0 Å². The number of ether oxygens (including phenoxy) is 1. The van der Waals surface area contributed by atoms with E-state index in [-0.39, 0.29) is 18.8 Å². The molecule has 3 heterocycles. The van der Waals surface area contributed by atoms with Crippen LogP contribution in [0.1, 0.15) is 40.7 Å². The first kappa shape index (κ1) is 29.1. The Morgan fingerprint density at radius 3 is 2.61 bits per heavy atom. The van der Waals surface area contributed by atoms with Crippen LogP contribution in [0.3, 0.4) is 0 Å². The van der Waals surface area contributed by atoms with Gasteiger partial charge in [-0.25, -0.2) is 0 Å². The maximum Gasteiger partial charge on any atom is 0.286 e. The fourth-order valence-electron chi connectivity index (χ4n) is 4.11. The molecule has 38 heavy (non-hydrogen) atoms. The van der Waals surface area contributed by atoms with Crippen LogP contribution in [0.25, 0.3) is 11.1 Å². The average molecular weight is 529 g/mol. The Labute approximate surface area is 221 Å². The zero-order chi connectivity index (χ0) is 27.7. The molecule has 1 aromatic carbocycles. The van der Waals surface area contributed by atoms with Crippen molar-refractivity contribution >= 4 is 17.3 Å². The van der Waals surface area contributed by atoms with E-state index in [1.807, 2.05) is 25.3 Å². The van der Waals surface area contributed by atoms with E-state index < -0.39 is 17.5 Å². The van der Waals surface area contributed by atoms with Crippen LogP contribution in [0.4, 0.5) is 20.2 Å². The molecule has 0 radical (unpaired) electrons. The van der Waals surface area contributed by atoms with E-state index >= 15 is 0 Å². The molecule has 4 rings (SSSR count). The molecular formula is C28H34F2N4O4. The van der Waals surface area contributed by atoms with Crippen molar-refractivity contribution in [2.24, 2.45) is 0 Å². The van der Waals surface area contributed by atoms with Gasteiger partial charge in [0.05, 0.1) is 31.2 Å². The van der Waals surface area contributed by atoms with Gasteiger partial charge < -0.3 is 25.2 Å². The summed E-state index contributed by atoms with van der Waals surface area (Å²) in [6.45, 7) is 4.91. The number of rotatable bonds is 8. The monoisotopic (exact) mass is 528 g/mol. The standard InChI is InChI=1S/C26H28F2N4O2.C2H6O2/c1-17-6-7-20(31-25(33)18-8-9-29-24(14-18)26(2,27)28)15-21(17)19-13-23-22(30-16-19)5-4-10-32(23)11-12-34-3;3-1-2-4/h6-9,13-16H,4-5,10-12H2,1-3H3,(H,31,33);3-4H,1-2H2. The summed E-state index contributed by atoms with van der Waals surface area (Å²) in [5.74, 6) is -3.60. The molecule has 0 saturated heterocycles. The van der Waals surface area contributed by atoms with Gasteiger partial charge in [-0.2, -0.15) is 8.78 Å². The Morgan fingerprint density at radius 2 is 1.92 bits per heavy atom. The van der Waals surface area contributed by atoms with Crippen LogP contribution in [-0.2, 0) is 17.1 Å². The SMILES string of the molecule is COCCN1CCCc2ncc(-c3cc(NC(=O)c4ccnc(C(C)(F)F)c4)ccc3C)cc21.OCCO. The maximum absolute atomic E-state index is 13.6. The number of carbonyl (C=O) groups is 1. The normalized spacial score (nSPS) is 12.9. The van der Waals surface area contributed by atoms with E-state index in [1.54, 1.807) is 13.2 Å². The number of aliphatic hydroxyl groups is 2. The highest BCUT2D eigenvalue weighted by Crippen LogP contribution is 2.33. The lowest BCUT2D eigenvalue weighted by Crippen LogP contribution is -2.32. The molecule has 0 bridgehead atoms. The number of hydrogen-bond acceptors (Lipinski definition) is 7. The van der Waals surface area contributed by atoms with Crippen molar-refractivity contribution in [1.29, 1.82) is 0 Å². The summed E-state index contributed by atoms with van der Waals surface area (Å²) < 4.78 is 32.5. The Kier molecular flexibility index (Phi) is 10.2. The number of carbonyl (C=O) groups excluding carboxylic acids is 1. The van der Waals surface area contributed by atoms with Gasteiger partial charge in [-0.1, -0.05) is 6.07 Å². The number of nitrogens with one attached hydrogen (secondary N) is 1. The van der Waals surface area contributed by atoms with Crippen molar-refractivity contribution in [1.82, 2.24) is 9.97 Å². The van der Waals surface area contributed by atoms with Crippen LogP contribution >= 0.6 is 0 Å². The van der Waals surface area contributed by atoms with Crippen LogP contribution in [0, 0.1) is 6.92 Å². The van der Waals surface area contributed by atoms with Gasteiger partial charge >= 0.3 is 0 Å². The molecule has 1 aliphatic rings. The molecule has 1 amide bonds. The van der Waals surface area contributed by atoms with E-state index in [9.17, 15) is 13.6 Å². The number of benzene rings is 1. The van der Waals surface area contributed by atoms with Crippen molar-refractivity contribution in [3.8, 4) is 11.1 Å². The summed E-state index contributed by atoms with van der Waals surface area (Å²) in [7, 11) is 1.70. The number of hydrogen-bond donors (Lipinski definition) is 3. The van der Waals surface area contributed by atoms with E-state index in [1.165, 1.54) is 12.3 Å². The third kappa shape index (κ3) is 7.53. The summed E-state index contributed by atoms with van der Waals surface area (Å²) in [4.78, 5) is 23.4. The van der Waals surface area contributed by atoms with E-state index in [4.69, 9.17) is 19.9 Å². The molecule has 2 aromatic heterocycles. The van der Waals surface area contributed by atoms with Crippen molar-refractivity contribution in [2.45, 2.75) is 32.6 Å². The van der Waals surface area contributed by atoms with Crippen LogP contribution in [-0.4, -0.2) is 66.1 Å². The van der Waals surface area contributed by atoms with E-state index in [0.29, 0.717) is 12.3 Å². The minimum atomic E-state index is -3.12. The predicted octanol–water partition coefficient (Wildman–Crippen LogP) is 4.19. The number of amides is 1. The quantitative estimate of drug-likeness (QED) is 0.403. The molecule has 0 aliphatic carbocycles. The number of anilines is 2. The van der Waals surface area contributed by atoms with Crippen LogP contribution in [0.15, 0.2) is 48.8 Å². The maximum atomic E-state index is 13.6. The Bertz CT molecular complexity index is 1230. The zero-order valence-corrected chi connectivity index (χ0v) is 21.9. The molecule has 0 unspecified atom stereocenters. The van der Waals surface area contributed by atoms with Gasteiger partial charge in [0, 0.05) is 56.3 Å². The third-order valence-corrected chi connectivity index (χ3v) is 6.07. The summed E-state index contributed by atoms with van der Waals surface area (Å²) >= 11 is 0. The molecule has 0 atom stereocenters. The smallest absolute Gasteiger partial charge is 0.286 e. The molecule has 204 valence electrons. The van der Waals surface area contributed by atoms with Gasteiger partial charge in [-0.3, -0.25) is 14.8 Å². The summed E-state index contributed by atoms with van der Waals surface area (Å²) in [5, 5.41) is 18.1. The molecule has 3 N–H and O–H groups in total. The number of nitrogens with zero attached hydrogens (tertiary/aromatic N) is 3. The minimum absolute atomic E-state index is 0.123. The Hall–Kier alpha value is -3.47. The number of aromatic nitrogens is 2. The molecule has 1 aliphatic heterocycles. The summed E-state index contributed by atoms with van der Waals surface area (Å²) in [5.41, 5.74) is 5.38. The van der Waals surface area contributed by atoms with Gasteiger partial charge in [0.2, 0.25) is 0 Å². The van der Waals surface area contributed by atoms with E-state index in [2.05, 4.69) is 21.3 Å². The lowest BCUT2D eigenvalue weighted by molar-refractivity contribution is 0.0127.